The molecule has 23 heavy (non-hydrogen) atoms. The lowest BCUT2D eigenvalue weighted by molar-refractivity contribution is 0.0602. The molecule has 118 valence electrons. The monoisotopic (exact) mass is 440 g/mol. The molecule has 0 fully saturated rings. The number of carbonyl (C=O) groups is 1. The molecule has 0 spiro atoms. The molecule has 4 nitrogen and oxygen atoms in total. The Labute approximate surface area is 152 Å². The Morgan fingerprint density at radius 2 is 1.96 bits per heavy atom. The van der Waals surface area contributed by atoms with Gasteiger partial charge in [-0.05, 0) is 59.3 Å². The summed E-state index contributed by atoms with van der Waals surface area (Å²) in [6, 6.07) is 11.5. The van der Waals surface area contributed by atoms with Crippen LogP contribution < -0.4 is 0 Å². The second kappa shape index (κ2) is 6.49. The summed E-state index contributed by atoms with van der Waals surface area (Å²) in [5, 5.41) is 5.76. The van der Waals surface area contributed by atoms with E-state index in [-0.39, 0.29) is 6.04 Å². The van der Waals surface area contributed by atoms with Crippen LogP contribution in [0.5, 0.6) is 0 Å². The van der Waals surface area contributed by atoms with Crippen LogP contribution in [0.25, 0.3) is 10.9 Å². The van der Waals surface area contributed by atoms with Gasteiger partial charge in [0.2, 0.25) is 0 Å². The summed E-state index contributed by atoms with van der Waals surface area (Å²) in [6.45, 7) is 2.04. The van der Waals surface area contributed by atoms with Gasteiger partial charge < -0.3 is 4.74 Å². The van der Waals surface area contributed by atoms with E-state index < -0.39 is 5.97 Å². The molecule has 0 radical (unpaired) electrons. The van der Waals surface area contributed by atoms with Gasteiger partial charge in [-0.3, -0.25) is 4.68 Å². The van der Waals surface area contributed by atoms with Crippen LogP contribution in [0.15, 0.2) is 42.6 Å². The second-order valence-electron chi connectivity index (χ2n) is 5.17. The molecule has 0 aliphatic heterocycles. The summed E-state index contributed by atoms with van der Waals surface area (Å²) in [7, 11) is 1.37. The maximum absolute atomic E-state index is 12.1. The average Bonchev–Trinajstić information content (AvgIpc) is 3.00. The highest BCUT2D eigenvalue weighted by Crippen LogP contribution is 2.31. The van der Waals surface area contributed by atoms with Crippen molar-refractivity contribution in [2.75, 3.05) is 7.11 Å². The van der Waals surface area contributed by atoms with Crippen LogP contribution in [0.1, 0.15) is 28.9 Å². The van der Waals surface area contributed by atoms with E-state index in [1.807, 2.05) is 23.7 Å². The van der Waals surface area contributed by atoms with Crippen LogP contribution in [0.3, 0.4) is 0 Å². The van der Waals surface area contributed by atoms with E-state index in [1.54, 1.807) is 18.3 Å². The molecule has 3 rings (SSSR count). The van der Waals surface area contributed by atoms with E-state index in [0.717, 1.165) is 10.9 Å². The molecule has 0 saturated carbocycles. The fourth-order valence-electron chi connectivity index (χ4n) is 2.58. The molecule has 3 aromatic rings. The lowest BCUT2D eigenvalue weighted by Gasteiger charge is -2.16. The van der Waals surface area contributed by atoms with Gasteiger partial charge >= 0.3 is 5.97 Å². The van der Waals surface area contributed by atoms with Crippen LogP contribution in [-0.4, -0.2) is 22.9 Å². The molecule has 1 atom stereocenters. The van der Waals surface area contributed by atoms with Gasteiger partial charge in [0.05, 0.1) is 35.5 Å². The van der Waals surface area contributed by atoms with Crippen molar-refractivity contribution < 1.29 is 9.53 Å². The minimum absolute atomic E-state index is 0.0358. The van der Waals surface area contributed by atoms with E-state index in [0.29, 0.717) is 16.1 Å². The molecule has 1 unspecified atom stereocenters. The number of hydrogen-bond acceptors (Lipinski definition) is 3. The van der Waals surface area contributed by atoms with Crippen molar-refractivity contribution in [2.45, 2.75) is 13.0 Å². The van der Waals surface area contributed by atoms with Crippen molar-refractivity contribution in [3.63, 3.8) is 0 Å². The summed E-state index contributed by atoms with van der Waals surface area (Å²) in [4.78, 5) is 12.1. The van der Waals surface area contributed by atoms with Crippen molar-refractivity contribution in [2.24, 2.45) is 0 Å². The highest BCUT2D eigenvalue weighted by Gasteiger charge is 2.20. The first-order chi connectivity index (χ1) is 11.0. The normalized spacial score (nSPS) is 12.3. The fraction of sp³-hybridized carbons (Fsp3) is 0.176. The number of esters is 1. The maximum Gasteiger partial charge on any atom is 0.340 e. The summed E-state index contributed by atoms with van der Waals surface area (Å²) in [5.41, 5.74) is 2.25. The minimum atomic E-state index is -0.400. The standard InChI is InChI=1S/C17H14ClIN2O2/c1-10(11-3-5-12(19)6-4-11)21-16-13(17(22)23-2)7-8-15(18)14(16)9-20-21/h3-10H,1-2H3. The smallest absolute Gasteiger partial charge is 0.340 e. The van der Waals surface area contributed by atoms with Gasteiger partial charge in [-0.2, -0.15) is 5.10 Å². The largest absolute Gasteiger partial charge is 0.465 e. The van der Waals surface area contributed by atoms with Gasteiger partial charge in [-0.15, -0.1) is 0 Å². The predicted molar refractivity (Wildman–Crippen MR) is 99.1 cm³/mol. The molecule has 1 heterocycles. The molecule has 1 aromatic heterocycles. The van der Waals surface area contributed by atoms with Gasteiger partial charge in [-0.25, -0.2) is 4.79 Å². The third-order valence-corrected chi connectivity index (χ3v) is 4.88. The minimum Gasteiger partial charge on any atom is -0.465 e. The Hall–Kier alpha value is -1.60. The van der Waals surface area contributed by atoms with Crippen LogP contribution in [0.4, 0.5) is 0 Å². The molecule has 0 aliphatic rings. The summed E-state index contributed by atoms with van der Waals surface area (Å²) < 4.78 is 7.87. The maximum atomic E-state index is 12.1. The Bertz CT molecular complexity index is 874. The molecule has 0 saturated heterocycles. The Kier molecular flexibility index (Phi) is 4.59. The topological polar surface area (TPSA) is 44.1 Å². The van der Waals surface area contributed by atoms with Crippen LogP contribution in [-0.2, 0) is 4.74 Å². The number of aromatic nitrogens is 2. The van der Waals surface area contributed by atoms with Gasteiger partial charge in [0.1, 0.15) is 0 Å². The number of benzene rings is 2. The summed E-state index contributed by atoms with van der Waals surface area (Å²) >= 11 is 8.53. The summed E-state index contributed by atoms with van der Waals surface area (Å²) in [5.74, 6) is -0.400. The van der Waals surface area contributed by atoms with E-state index in [4.69, 9.17) is 16.3 Å². The van der Waals surface area contributed by atoms with Gasteiger partial charge in [0.25, 0.3) is 0 Å². The zero-order valence-electron chi connectivity index (χ0n) is 12.6. The van der Waals surface area contributed by atoms with E-state index in [9.17, 15) is 4.79 Å². The van der Waals surface area contributed by atoms with Crippen LogP contribution >= 0.6 is 34.2 Å². The molecule has 2 aromatic carbocycles. The Balaban J connectivity index is 2.19. The first-order valence-corrected chi connectivity index (χ1v) is 8.48. The highest BCUT2D eigenvalue weighted by atomic mass is 127. The van der Waals surface area contributed by atoms with E-state index in [2.05, 4.69) is 39.8 Å². The molecule has 0 amide bonds. The Morgan fingerprint density at radius 1 is 1.26 bits per heavy atom. The van der Waals surface area contributed by atoms with Crippen molar-refractivity contribution in [3.8, 4) is 0 Å². The lowest BCUT2D eigenvalue weighted by Crippen LogP contribution is -2.12. The highest BCUT2D eigenvalue weighted by molar-refractivity contribution is 14.1. The number of nitrogens with zero attached hydrogens (tertiary/aromatic N) is 2. The first kappa shape index (κ1) is 16.3. The van der Waals surface area contributed by atoms with Gasteiger partial charge in [-0.1, -0.05) is 23.7 Å². The lowest BCUT2D eigenvalue weighted by atomic mass is 10.1. The van der Waals surface area contributed by atoms with Crippen LogP contribution in [0, 0.1) is 3.57 Å². The number of carbonyl (C=O) groups excluding carboxylic acids is 1. The number of hydrogen-bond donors (Lipinski definition) is 0. The molecule has 0 aliphatic carbocycles. The molecular weight excluding hydrogens is 427 g/mol. The van der Waals surface area contributed by atoms with Crippen LogP contribution in [0.2, 0.25) is 5.02 Å². The number of rotatable bonds is 3. The van der Waals surface area contributed by atoms with Gasteiger partial charge in [0.15, 0.2) is 0 Å². The zero-order valence-corrected chi connectivity index (χ0v) is 15.5. The zero-order chi connectivity index (χ0) is 16.6. The molecule has 6 heteroatoms. The number of methoxy groups -OCH3 is 1. The van der Waals surface area contributed by atoms with E-state index >= 15 is 0 Å². The Morgan fingerprint density at radius 3 is 2.61 bits per heavy atom. The third kappa shape index (κ3) is 2.95. The quantitative estimate of drug-likeness (QED) is 0.438. The molecule has 0 N–H and O–H groups in total. The van der Waals surface area contributed by atoms with Crippen molar-refractivity contribution >= 4 is 51.1 Å². The predicted octanol–water partition coefficient (Wildman–Crippen LogP) is 4.69. The SMILES string of the molecule is COC(=O)c1ccc(Cl)c2cnn(C(C)c3ccc(I)cc3)c12. The van der Waals surface area contributed by atoms with Crippen molar-refractivity contribution in [3.05, 3.63) is 62.3 Å². The molecular formula is C17H14ClIN2O2. The third-order valence-electron chi connectivity index (χ3n) is 3.83. The average molecular weight is 441 g/mol. The molecule has 0 bridgehead atoms. The van der Waals surface area contributed by atoms with Crippen molar-refractivity contribution in [1.29, 1.82) is 0 Å². The first-order valence-electron chi connectivity index (χ1n) is 7.02. The fourth-order valence-corrected chi connectivity index (χ4v) is 3.14. The number of ether oxygens (including phenoxy) is 1. The van der Waals surface area contributed by atoms with E-state index in [1.165, 1.54) is 10.7 Å². The second-order valence-corrected chi connectivity index (χ2v) is 6.82. The number of halogens is 2. The van der Waals surface area contributed by atoms with Gasteiger partial charge in [0, 0.05) is 8.96 Å². The summed E-state index contributed by atoms with van der Waals surface area (Å²) in [6.07, 6.45) is 1.69. The number of fused-ring (bicyclic) bond motifs is 1. The van der Waals surface area contributed by atoms with Crippen molar-refractivity contribution in [1.82, 2.24) is 9.78 Å².